The molecule has 0 bridgehead atoms. The molecular formula is C29H27ClN2O4S. The van der Waals surface area contributed by atoms with Crippen LogP contribution in [0.5, 0.6) is 5.75 Å². The van der Waals surface area contributed by atoms with E-state index in [0.29, 0.717) is 29.5 Å². The van der Waals surface area contributed by atoms with Crippen LogP contribution in [0, 0.1) is 6.92 Å². The molecule has 4 aromatic carbocycles. The maximum absolute atomic E-state index is 13.1. The molecule has 8 heteroatoms. The molecule has 0 saturated heterocycles. The molecule has 0 spiro atoms. The second kappa shape index (κ2) is 12.0. The van der Waals surface area contributed by atoms with Crippen LogP contribution in [0.1, 0.15) is 16.7 Å². The van der Waals surface area contributed by atoms with Gasteiger partial charge in [-0.15, -0.1) is 0 Å². The van der Waals surface area contributed by atoms with Crippen LogP contribution in [0.4, 0.5) is 5.69 Å². The Morgan fingerprint density at radius 1 is 0.838 bits per heavy atom. The van der Waals surface area contributed by atoms with Gasteiger partial charge < -0.3 is 9.64 Å². The first-order valence-electron chi connectivity index (χ1n) is 11.7. The Kier molecular flexibility index (Phi) is 8.48. The maximum Gasteiger partial charge on any atom is 0.261 e. The first kappa shape index (κ1) is 26.3. The number of benzene rings is 4. The summed E-state index contributed by atoms with van der Waals surface area (Å²) in [4.78, 5) is 14.9. The SMILES string of the molecule is Cc1ccc(NS(=O)(=O)c2ccc(OCC(=O)N(Cc3ccccc3)Cc3ccccc3)cc2)cc1Cl. The molecule has 0 aliphatic heterocycles. The summed E-state index contributed by atoms with van der Waals surface area (Å²) in [6.45, 7) is 2.56. The lowest BCUT2D eigenvalue weighted by molar-refractivity contribution is -0.134. The van der Waals surface area contributed by atoms with Gasteiger partial charge in [0.05, 0.1) is 10.6 Å². The number of ether oxygens (including phenoxy) is 1. The molecule has 0 radical (unpaired) electrons. The van der Waals surface area contributed by atoms with Crippen molar-refractivity contribution in [2.45, 2.75) is 24.9 Å². The number of rotatable bonds is 10. The van der Waals surface area contributed by atoms with Crippen molar-refractivity contribution in [2.24, 2.45) is 0 Å². The number of anilines is 1. The van der Waals surface area contributed by atoms with Gasteiger partial charge in [0.1, 0.15) is 5.75 Å². The monoisotopic (exact) mass is 534 g/mol. The number of amides is 1. The average molecular weight is 535 g/mol. The summed E-state index contributed by atoms with van der Waals surface area (Å²) < 4.78 is 33.7. The van der Waals surface area contributed by atoms with E-state index < -0.39 is 10.0 Å². The molecule has 6 nitrogen and oxygen atoms in total. The number of carbonyl (C=O) groups is 1. The van der Waals surface area contributed by atoms with Crippen molar-refractivity contribution in [3.63, 3.8) is 0 Å². The molecule has 0 aliphatic carbocycles. The van der Waals surface area contributed by atoms with Gasteiger partial charge in [-0.05, 0) is 60.0 Å². The zero-order valence-electron chi connectivity index (χ0n) is 20.3. The van der Waals surface area contributed by atoms with Gasteiger partial charge in [0.2, 0.25) is 0 Å². The normalized spacial score (nSPS) is 11.1. The smallest absolute Gasteiger partial charge is 0.261 e. The third kappa shape index (κ3) is 7.35. The van der Waals surface area contributed by atoms with Crippen molar-refractivity contribution in [2.75, 3.05) is 11.3 Å². The molecule has 37 heavy (non-hydrogen) atoms. The Balaban J connectivity index is 1.40. The van der Waals surface area contributed by atoms with Crippen LogP contribution in [-0.2, 0) is 27.9 Å². The van der Waals surface area contributed by atoms with Crippen LogP contribution in [0.3, 0.4) is 0 Å². The van der Waals surface area contributed by atoms with Crippen LogP contribution < -0.4 is 9.46 Å². The van der Waals surface area contributed by atoms with Gasteiger partial charge in [-0.2, -0.15) is 0 Å². The second-order valence-electron chi connectivity index (χ2n) is 8.55. The van der Waals surface area contributed by atoms with Crippen LogP contribution >= 0.6 is 11.6 Å². The van der Waals surface area contributed by atoms with E-state index in [4.69, 9.17) is 16.3 Å². The minimum Gasteiger partial charge on any atom is -0.484 e. The largest absolute Gasteiger partial charge is 0.484 e. The summed E-state index contributed by atoms with van der Waals surface area (Å²) in [5.74, 6) is 0.215. The Morgan fingerprint density at radius 2 is 1.41 bits per heavy atom. The molecular weight excluding hydrogens is 508 g/mol. The predicted octanol–water partition coefficient (Wildman–Crippen LogP) is 6.06. The molecule has 190 valence electrons. The van der Waals surface area contributed by atoms with Crippen LogP contribution in [0.15, 0.2) is 108 Å². The Labute approximate surface area is 222 Å². The van der Waals surface area contributed by atoms with Crippen molar-refractivity contribution >= 4 is 33.2 Å². The molecule has 0 unspecified atom stereocenters. The molecule has 0 aliphatic rings. The second-order valence-corrected chi connectivity index (χ2v) is 10.6. The average Bonchev–Trinajstić information content (AvgIpc) is 2.90. The van der Waals surface area contributed by atoms with Crippen molar-refractivity contribution in [3.05, 3.63) is 125 Å². The zero-order valence-corrected chi connectivity index (χ0v) is 21.9. The van der Waals surface area contributed by atoms with Crippen molar-refractivity contribution in [1.82, 2.24) is 4.90 Å². The summed E-state index contributed by atoms with van der Waals surface area (Å²) in [6, 6.07) is 30.4. The molecule has 1 N–H and O–H groups in total. The minimum absolute atomic E-state index is 0.0673. The Bertz CT molecular complexity index is 1400. The summed E-state index contributed by atoms with van der Waals surface area (Å²) in [7, 11) is -3.81. The highest BCUT2D eigenvalue weighted by atomic mass is 35.5. The number of hydrogen-bond acceptors (Lipinski definition) is 4. The third-order valence-corrected chi connectivity index (χ3v) is 7.51. The number of carbonyl (C=O) groups excluding carboxylic acids is 1. The van der Waals surface area contributed by atoms with Crippen molar-refractivity contribution in [3.8, 4) is 5.75 Å². The lowest BCUT2D eigenvalue weighted by Crippen LogP contribution is -2.34. The van der Waals surface area contributed by atoms with Gasteiger partial charge in [-0.1, -0.05) is 78.3 Å². The van der Waals surface area contributed by atoms with Gasteiger partial charge in [0, 0.05) is 18.1 Å². The molecule has 0 saturated carbocycles. The standard InChI is InChI=1S/C29H27ClN2O4S/c1-22-12-13-25(18-28(22)30)31-37(34,35)27-16-14-26(15-17-27)36-21-29(33)32(19-23-8-4-2-5-9-23)20-24-10-6-3-7-11-24/h2-18,31H,19-21H2,1H3. The number of nitrogens with one attached hydrogen (secondary N) is 1. The lowest BCUT2D eigenvalue weighted by Gasteiger charge is -2.23. The van der Waals surface area contributed by atoms with E-state index in [1.807, 2.05) is 67.6 Å². The Morgan fingerprint density at radius 3 is 1.95 bits per heavy atom. The molecule has 4 aromatic rings. The van der Waals surface area contributed by atoms with Crippen molar-refractivity contribution in [1.29, 1.82) is 0 Å². The van der Waals surface area contributed by atoms with Gasteiger partial charge in [0.15, 0.2) is 6.61 Å². The van der Waals surface area contributed by atoms with E-state index in [-0.39, 0.29) is 17.4 Å². The maximum atomic E-state index is 13.1. The number of nitrogens with zero attached hydrogens (tertiary/aromatic N) is 1. The molecule has 0 heterocycles. The minimum atomic E-state index is -3.81. The van der Waals surface area contributed by atoms with Crippen LogP contribution in [0.2, 0.25) is 5.02 Å². The lowest BCUT2D eigenvalue weighted by atomic mass is 10.1. The first-order chi connectivity index (χ1) is 17.8. The summed E-state index contributed by atoms with van der Waals surface area (Å²) in [6.07, 6.45) is 0. The van der Waals surface area contributed by atoms with Gasteiger partial charge in [0.25, 0.3) is 15.9 Å². The predicted molar refractivity (Wildman–Crippen MR) is 146 cm³/mol. The fourth-order valence-corrected chi connectivity index (χ4v) is 4.89. The van der Waals surface area contributed by atoms with E-state index >= 15 is 0 Å². The highest BCUT2D eigenvalue weighted by Gasteiger charge is 2.17. The molecule has 0 fully saturated rings. The van der Waals surface area contributed by atoms with Crippen LogP contribution in [0.25, 0.3) is 0 Å². The van der Waals surface area contributed by atoms with Gasteiger partial charge in [-0.25, -0.2) is 8.42 Å². The highest BCUT2D eigenvalue weighted by Crippen LogP contribution is 2.24. The third-order valence-electron chi connectivity index (χ3n) is 5.71. The summed E-state index contributed by atoms with van der Waals surface area (Å²) in [5.41, 5.74) is 3.26. The van der Waals surface area contributed by atoms with Gasteiger partial charge in [-0.3, -0.25) is 9.52 Å². The Hall–Kier alpha value is -3.81. The van der Waals surface area contributed by atoms with Crippen LogP contribution in [-0.4, -0.2) is 25.8 Å². The summed E-state index contributed by atoms with van der Waals surface area (Å²) >= 11 is 6.10. The van der Waals surface area contributed by atoms with E-state index in [2.05, 4.69) is 4.72 Å². The summed E-state index contributed by atoms with van der Waals surface area (Å²) in [5, 5.41) is 0.474. The zero-order chi connectivity index (χ0) is 26.3. The number of hydrogen-bond donors (Lipinski definition) is 1. The van der Waals surface area contributed by atoms with Gasteiger partial charge >= 0.3 is 0 Å². The topological polar surface area (TPSA) is 75.7 Å². The molecule has 4 rings (SSSR count). The van der Waals surface area contributed by atoms with E-state index in [1.165, 1.54) is 24.3 Å². The van der Waals surface area contributed by atoms with Crippen molar-refractivity contribution < 1.29 is 17.9 Å². The van der Waals surface area contributed by atoms with E-state index in [1.54, 1.807) is 23.1 Å². The number of aryl methyl sites for hydroxylation is 1. The first-order valence-corrected chi connectivity index (χ1v) is 13.5. The number of halogens is 1. The van der Waals surface area contributed by atoms with E-state index in [9.17, 15) is 13.2 Å². The fraction of sp³-hybridized carbons (Fsp3) is 0.138. The van der Waals surface area contributed by atoms with E-state index in [0.717, 1.165) is 16.7 Å². The molecule has 0 aromatic heterocycles. The number of sulfonamides is 1. The molecule has 1 amide bonds. The highest BCUT2D eigenvalue weighted by molar-refractivity contribution is 7.92. The quantitative estimate of drug-likeness (QED) is 0.268. The fourth-order valence-electron chi connectivity index (χ4n) is 3.66. The molecule has 0 atom stereocenters.